The highest BCUT2D eigenvalue weighted by atomic mass is 79.9. The van der Waals surface area contributed by atoms with Gasteiger partial charge in [-0.15, -0.1) is 0 Å². The summed E-state index contributed by atoms with van der Waals surface area (Å²) in [4.78, 5) is 0. The topological polar surface area (TPSA) is 12.0 Å². The van der Waals surface area contributed by atoms with E-state index in [4.69, 9.17) is 0 Å². The molecule has 0 aliphatic heterocycles. The normalized spacial score (nSPS) is 20.1. The second-order valence-electron chi connectivity index (χ2n) is 4.40. The van der Waals surface area contributed by atoms with Crippen molar-refractivity contribution >= 4 is 15.9 Å². The second-order valence-corrected chi connectivity index (χ2v) is 5.32. The first-order chi connectivity index (χ1) is 7.27. The molecule has 0 atom stereocenters. The lowest BCUT2D eigenvalue weighted by Gasteiger charge is -2.37. The van der Waals surface area contributed by atoms with Gasteiger partial charge in [0.05, 0.1) is 0 Å². The third-order valence-corrected chi connectivity index (χ3v) is 4.06. The molecule has 1 fully saturated rings. The zero-order valence-corrected chi connectivity index (χ0v) is 10.8. The van der Waals surface area contributed by atoms with Crippen molar-refractivity contribution in [1.82, 2.24) is 5.32 Å². The van der Waals surface area contributed by atoms with Gasteiger partial charge in [0.2, 0.25) is 0 Å². The van der Waals surface area contributed by atoms with Crippen molar-refractivity contribution in [3.05, 3.63) is 34.3 Å². The molecule has 0 spiro atoms. The molecule has 0 bridgehead atoms. The van der Waals surface area contributed by atoms with Gasteiger partial charge < -0.3 is 5.32 Å². The minimum atomic E-state index is 0.224. The minimum Gasteiger partial charge on any atom is -0.310 e. The van der Waals surface area contributed by atoms with Crippen LogP contribution in [0, 0.1) is 0 Å². The van der Waals surface area contributed by atoms with Crippen LogP contribution in [-0.4, -0.2) is 7.05 Å². The van der Waals surface area contributed by atoms with Crippen LogP contribution in [0.4, 0.5) is 0 Å². The molecular weight excluding hydrogens is 250 g/mol. The molecule has 15 heavy (non-hydrogen) atoms. The largest absolute Gasteiger partial charge is 0.310 e. The van der Waals surface area contributed by atoms with Gasteiger partial charge in [0.15, 0.2) is 0 Å². The van der Waals surface area contributed by atoms with Crippen molar-refractivity contribution in [2.45, 2.75) is 37.6 Å². The molecule has 1 aliphatic rings. The molecule has 1 aromatic carbocycles. The summed E-state index contributed by atoms with van der Waals surface area (Å²) >= 11 is 3.55. The summed E-state index contributed by atoms with van der Waals surface area (Å²) in [7, 11) is 2.09. The fourth-order valence-corrected chi connectivity index (χ4v) is 3.02. The van der Waals surface area contributed by atoms with E-state index >= 15 is 0 Å². The average Bonchev–Trinajstić information content (AvgIpc) is 2.30. The maximum atomic E-state index is 3.55. The van der Waals surface area contributed by atoms with Crippen LogP contribution in [0.3, 0.4) is 0 Å². The van der Waals surface area contributed by atoms with Crippen molar-refractivity contribution in [2.75, 3.05) is 7.05 Å². The summed E-state index contributed by atoms with van der Waals surface area (Å²) in [6.07, 6.45) is 6.60. The molecule has 0 aromatic heterocycles. The number of halogens is 1. The monoisotopic (exact) mass is 267 g/mol. The van der Waals surface area contributed by atoms with Gasteiger partial charge in [0.25, 0.3) is 0 Å². The quantitative estimate of drug-likeness (QED) is 0.859. The maximum absolute atomic E-state index is 3.55. The standard InChI is InChI=1S/C13H18BrN/c1-15-13(8-3-2-4-9-13)11-6-5-7-12(14)10-11/h5-7,10,15H,2-4,8-9H2,1H3. The molecule has 0 saturated heterocycles. The summed E-state index contributed by atoms with van der Waals surface area (Å²) in [6.45, 7) is 0. The van der Waals surface area contributed by atoms with Gasteiger partial charge in [-0.2, -0.15) is 0 Å². The summed E-state index contributed by atoms with van der Waals surface area (Å²) < 4.78 is 1.18. The Hall–Kier alpha value is -0.340. The van der Waals surface area contributed by atoms with Crippen LogP contribution in [0.15, 0.2) is 28.7 Å². The van der Waals surface area contributed by atoms with Gasteiger partial charge in [-0.3, -0.25) is 0 Å². The molecule has 0 amide bonds. The molecule has 0 radical (unpaired) electrons. The number of hydrogen-bond acceptors (Lipinski definition) is 1. The van der Waals surface area contributed by atoms with Gasteiger partial charge in [-0.05, 0) is 37.6 Å². The molecule has 2 rings (SSSR count). The minimum absolute atomic E-state index is 0.224. The van der Waals surface area contributed by atoms with Crippen molar-refractivity contribution in [2.24, 2.45) is 0 Å². The molecule has 1 aromatic rings. The highest BCUT2D eigenvalue weighted by Crippen LogP contribution is 2.37. The number of nitrogens with one attached hydrogen (secondary N) is 1. The van der Waals surface area contributed by atoms with Gasteiger partial charge in [-0.1, -0.05) is 47.3 Å². The second kappa shape index (κ2) is 4.67. The van der Waals surface area contributed by atoms with E-state index in [1.165, 1.54) is 42.1 Å². The molecule has 1 N–H and O–H groups in total. The van der Waals surface area contributed by atoms with Crippen molar-refractivity contribution < 1.29 is 0 Å². The zero-order valence-electron chi connectivity index (χ0n) is 9.22. The third-order valence-electron chi connectivity index (χ3n) is 3.56. The predicted molar refractivity (Wildman–Crippen MR) is 68.0 cm³/mol. The Bertz CT molecular complexity index is 329. The Morgan fingerprint density at radius 1 is 1.20 bits per heavy atom. The zero-order chi connectivity index (χ0) is 10.7. The molecule has 1 saturated carbocycles. The van der Waals surface area contributed by atoms with Crippen LogP contribution in [-0.2, 0) is 5.54 Å². The van der Waals surface area contributed by atoms with Gasteiger partial charge >= 0.3 is 0 Å². The molecular formula is C13H18BrN. The fourth-order valence-electron chi connectivity index (χ4n) is 2.62. The first-order valence-corrected chi connectivity index (χ1v) is 6.51. The SMILES string of the molecule is CNC1(c2cccc(Br)c2)CCCCC1. The fraction of sp³-hybridized carbons (Fsp3) is 0.538. The average molecular weight is 268 g/mol. The van der Waals surface area contributed by atoms with Crippen molar-refractivity contribution in [3.8, 4) is 0 Å². The predicted octanol–water partition coefficient (Wildman–Crippen LogP) is 3.83. The van der Waals surface area contributed by atoms with Crippen LogP contribution in [0.2, 0.25) is 0 Å². The van der Waals surface area contributed by atoms with Crippen molar-refractivity contribution in [1.29, 1.82) is 0 Å². The van der Waals surface area contributed by atoms with Gasteiger partial charge in [0.1, 0.15) is 0 Å². The van der Waals surface area contributed by atoms with Crippen LogP contribution < -0.4 is 5.32 Å². The Kier molecular flexibility index (Phi) is 3.47. The lowest BCUT2D eigenvalue weighted by molar-refractivity contribution is 0.250. The molecule has 0 heterocycles. The van der Waals surface area contributed by atoms with Crippen LogP contribution in [0.1, 0.15) is 37.7 Å². The highest BCUT2D eigenvalue weighted by molar-refractivity contribution is 9.10. The van der Waals surface area contributed by atoms with E-state index < -0.39 is 0 Å². The van der Waals surface area contributed by atoms with E-state index in [0.717, 1.165) is 0 Å². The third kappa shape index (κ3) is 2.26. The Balaban J connectivity index is 2.32. The number of benzene rings is 1. The van der Waals surface area contributed by atoms with Gasteiger partial charge in [0, 0.05) is 10.0 Å². The summed E-state index contributed by atoms with van der Waals surface area (Å²) in [5, 5.41) is 3.54. The van der Waals surface area contributed by atoms with Crippen LogP contribution in [0.5, 0.6) is 0 Å². The number of hydrogen-bond donors (Lipinski definition) is 1. The van der Waals surface area contributed by atoms with E-state index in [1.54, 1.807) is 0 Å². The van der Waals surface area contributed by atoms with Crippen molar-refractivity contribution in [3.63, 3.8) is 0 Å². The first kappa shape index (κ1) is 11.2. The van der Waals surface area contributed by atoms with Crippen LogP contribution in [0.25, 0.3) is 0 Å². The maximum Gasteiger partial charge on any atom is 0.0432 e. The van der Waals surface area contributed by atoms with E-state index in [2.05, 4.69) is 52.6 Å². The smallest absolute Gasteiger partial charge is 0.0432 e. The first-order valence-electron chi connectivity index (χ1n) is 5.72. The van der Waals surface area contributed by atoms with Crippen LogP contribution >= 0.6 is 15.9 Å². The summed E-state index contributed by atoms with van der Waals surface area (Å²) in [6, 6.07) is 8.72. The molecule has 0 unspecified atom stereocenters. The lowest BCUT2D eigenvalue weighted by atomic mass is 9.77. The number of rotatable bonds is 2. The Morgan fingerprint density at radius 2 is 1.93 bits per heavy atom. The Labute approximate surface area is 100 Å². The molecule has 82 valence electrons. The van der Waals surface area contributed by atoms with E-state index in [9.17, 15) is 0 Å². The molecule has 1 aliphatic carbocycles. The molecule has 2 heteroatoms. The van der Waals surface area contributed by atoms with Gasteiger partial charge in [-0.25, -0.2) is 0 Å². The van der Waals surface area contributed by atoms with E-state index in [0.29, 0.717) is 0 Å². The summed E-state index contributed by atoms with van der Waals surface area (Å²) in [5.74, 6) is 0. The lowest BCUT2D eigenvalue weighted by Crippen LogP contribution is -2.41. The van der Waals surface area contributed by atoms with E-state index in [1.807, 2.05) is 0 Å². The highest BCUT2D eigenvalue weighted by Gasteiger charge is 2.31. The van der Waals surface area contributed by atoms with E-state index in [-0.39, 0.29) is 5.54 Å². The molecule has 1 nitrogen and oxygen atoms in total. The Morgan fingerprint density at radius 3 is 2.53 bits per heavy atom. The summed E-state index contributed by atoms with van der Waals surface area (Å²) in [5.41, 5.74) is 1.65.